The van der Waals surface area contributed by atoms with Gasteiger partial charge in [-0.1, -0.05) is 24.3 Å². The largest absolute Gasteiger partial charge is 0.505 e. The van der Waals surface area contributed by atoms with Crippen LogP contribution in [-0.4, -0.2) is 19.3 Å². The number of aromatic hydroxyl groups is 1. The van der Waals surface area contributed by atoms with E-state index in [4.69, 9.17) is 9.47 Å². The van der Waals surface area contributed by atoms with E-state index in [9.17, 15) is 5.11 Å². The summed E-state index contributed by atoms with van der Waals surface area (Å²) in [6, 6.07) is 32.4. The summed E-state index contributed by atoms with van der Waals surface area (Å²) in [5, 5.41) is 42.8. The normalized spacial score (nSPS) is 11.6. The molecule has 0 bridgehead atoms. The average molecular weight is 664 g/mol. The summed E-state index contributed by atoms with van der Waals surface area (Å²) in [7, 11) is 3.20. The molecule has 0 radical (unpaired) electrons. The molecule has 0 spiro atoms. The van der Waals surface area contributed by atoms with Gasteiger partial charge in [0.2, 0.25) is 0 Å². The molecule has 6 aromatic rings. The molecule has 0 atom stereocenters. The Hall–Kier alpha value is -6.42. The highest BCUT2D eigenvalue weighted by atomic mass is 16.5. The van der Waals surface area contributed by atoms with E-state index in [1.165, 1.54) is 0 Å². The van der Waals surface area contributed by atoms with Crippen LogP contribution < -0.4 is 14.8 Å². The Bertz CT molecular complexity index is 2280. The fraction of sp³-hybridized carbons (Fsp3) is 0.150. The number of ether oxygens (including phenoxy) is 2. The molecule has 0 aliphatic heterocycles. The zero-order valence-corrected chi connectivity index (χ0v) is 28.8. The van der Waals surface area contributed by atoms with Crippen LogP contribution in [0.3, 0.4) is 0 Å². The number of nitrogens with one attached hydrogen (secondary N) is 1. The lowest BCUT2D eigenvalue weighted by molar-refractivity contribution is 0.415. The molecular weight excluding hydrogens is 626 g/mol. The van der Waals surface area contributed by atoms with Crippen LogP contribution in [0.2, 0.25) is 0 Å². The second kappa shape index (κ2) is 14.8. The van der Waals surface area contributed by atoms with Crippen LogP contribution in [0.25, 0.3) is 10.8 Å². The molecule has 6 rings (SSSR count). The minimum absolute atomic E-state index is 0.0386. The van der Waals surface area contributed by atoms with E-state index in [1.54, 1.807) is 26.4 Å². The Labute approximate surface area is 290 Å². The van der Waals surface area contributed by atoms with Gasteiger partial charge in [0.1, 0.15) is 22.9 Å². The molecule has 250 valence electrons. The standard InChI is InChI=1S/C40H37N7O3/c1-24-9-7-8-10-33(24)42-44-35-19-26(3)36(20-25(35)2)45-46-37-23-39(50-6)38(21-27(37)4)47-43-34-18-11-28-22-30(14-17-32(28)40(34)48)41-29-12-15-31(49-5)16-13-29/h7-23,41,48H,1-6H3. The van der Waals surface area contributed by atoms with E-state index in [0.717, 1.165) is 61.8 Å². The number of fused-ring (bicyclic) bond motifs is 1. The maximum atomic E-state index is 11.1. The van der Waals surface area contributed by atoms with E-state index in [2.05, 4.69) is 36.0 Å². The summed E-state index contributed by atoms with van der Waals surface area (Å²) in [6.07, 6.45) is 0. The van der Waals surface area contributed by atoms with Crippen molar-refractivity contribution in [2.24, 2.45) is 30.7 Å². The third-order valence-electron chi connectivity index (χ3n) is 8.27. The first-order valence-electron chi connectivity index (χ1n) is 16.0. The quantitative estimate of drug-likeness (QED) is 0.141. The molecule has 0 aliphatic rings. The number of methoxy groups -OCH3 is 2. The van der Waals surface area contributed by atoms with Gasteiger partial charge in [-0.25, -0.2) is 0 Å². The summed E-state index contributed by atoms with van der Waals surface area (Å²) >= 11 is 0. The van der Waals surface area contributed by atoms with Crippen LogP contribution in [0.5, 0.6) is 17.2 Å². The van der Waals surface area contributed by atoms with E-state index >= 15 is 0 Å². The van der Waals surface area contributed by atoms with Crippen molar-refractivity contribution >= 4 is 56.3 Å². The monoisotopic (exact) mass is 663 g/mol. The minimum atomic E-state index is 0.0386. The smallest absolute Gasteiger partial charge is 0.150 e. The Balaban J connectivity index is 1.19. The second-order valence-electron chi connectivity index (χ2n) is 11.8. The zero-order valence-electron chi connectivity index (χ0n) is 28.8. The second-order valence-corrected chi connectivity index (χ2v) is 11.8. The summed E-state index contributed by atoms with van der Waals surface area (Å²) in [4.78, 5) is 0. The van der Waals surface area contributed by atoms with Crippen molar-refractivity contribution in [2.75, 3.05) is 19.5 Å². The van der Waals surface area contributed by atoms with Crippen LogP contribution >= 0.6 is 0 Å². The van der Waals surface area contributed by atoms with Crippen molar-refractivity contribution in [1.29, 1.82) is 0 Å². The molecule has 2 N–H and O–H groups in total. The van der Waals surface area contributed by atoms with Gasteiger partial charge < -0.3 is 19.9 Å². The summed E-state index contributed by atoms with van der Waals surface area (Å²) in [6.45, 7) is 7.88. The number of rotatable bonds is 10. The maximum absolute atomic E-state index is 11.1. The number of benzene rings is 6. The van der Waals surface area contributed by atoms with E-state index < -0.39 is 0 Å². The van der Waals surface area contributed by atoms with Crippen molar-refractivity contribution in [3.05, 3.63) is 125 Å². The fourth-order valence-corrected chi connectivity index (χ4v) is 5.31. The van der Waals surface area contributed by atoms with Gasteiger partial charge in [0, 0.05) is 22.8 Å². The van der Waals surface area contributed by atoms with Crippen molar-refractivity contribution in [2.45, 2.75) is 27.7 Å². The number of anilines is 2. The Morgan fingerprint density at radius 1 is 0.480 bits per heavy atom. The van der Waals surface area contributed by atoms with Gasteiger partial charge in [0.25, 0.3) is 0 Å². The predicted octanol–water partition coefficient (Wildman–Crippen LogP) is 12.8. The first-order valence-corrected chi connectivity index (χ1v) is 16.0. The molecule has 0 saturated carbocycles. The molecule has 0 aliphatic carbocycles. The highest BCUT2D eigenvalue weighted by Crippen LogP contribution is 2.40. The SMILES string of the molecule is COc1ccc(Nc2ccc3c(O)c(N=Nc4cc(C)c(N=Nc5cc(C)c(N=Nc6ccccc6C)cc5C)cc4OC)ccc3c2)cc1. The molecule has 10 nitrogen and oxygen atoms in total. The minimum Gasteiger partial charge on any atom is -0.505 e. The van der Waals surface area contributed by atoms with E-state index in [-0.39, 0.29) is 5.75 Å². The lowest BCUT2D eigenvalue weighted by atomic mass is 10.1. The zero-order chi connectivity index (χ0) is 35.2. The van der Waals surface area contributed by atoms with Gasteiger partial charge in [-0.15, -0.1) is 10.2 Å². The topological polar surface area (TPSA) is 125 Å². The molecule has 0 unspecified atom stereocenters. The first-order chi connectivity index (χ1) is 24.2. The highest BCUT2D eigenvalue weighted by Gasteiger charge is 2.12. The van der Waals surface area contributed by atoms with Crippen molar-refractivity contribution in [1.82, 2.24) is 0 Å². The lowest BCUT2D eigenvalue weighted by Crippen LogP contribution is -1.90. The summed E-state index contributed by atoms with van der Waals surface area (Å²) in [5.41, 5.74) is 9.39. The van der Waals surface area contributed by atoms with E-state index in [0.29, 0.717) is 28.2 Å². The molecule has 10 heteroatoms. The van der Waals surface area contributed by atoms with Crippen molar-refractivity contribution in [3.8, 4) is 17.2 Å². The average Bonchev–Trinajstić information content (AvgIpc) is 3.12. The Morgan fingerprint density at radius 2 is 1.04 bits per heavy atom. The summed E-state index contributed by atoms with van der Waals surface area (Å²) in [5.74, 6) is 1.30. The summed E-state index contributed by atoms with van der Waals surface area (Å²) < 4.78 is 10.9. The molecule has 0 saturated heterocycles. The molecule has 0 amide bonds. The number of aryl methyl sites for hydroxylation is 4. The Kier molecular flexibility index (Phi) is 9.90. The van der Waals surface area contributed by atoms with Crippen LogP contribution in [0.15, 0.2) is 134 Å². The molecule has 0 fully saturated rings. The number of hydrogen-bond donors (Lipinski definition) is 2. The van der Waals surface area contributed by atoms with Gasteiger partial charge >= 0.3 is 0 Å². The molecule has 0 heterocycles. The van der Waals surface area contributed by atoms with Crippen LogP contribution in [0.1, 0.15) is 22.3 Å². The first kappa shape index (κ1) is 33.5. The number of hydrogen-bond acceptors (Lipinski definition) is 10. The number of nitrogens with zero attached hydrogens (tertiary/aromatic N) is 6. The highest BCUT2D eigenvalue weighted by molar-refractivity contribution is 5.94. The predicted molar refractivity (Wildman–Crippen MR) is 199 cm³/mol. The third-order valence-corrected chi connectivity index (χ3v) is 8.27. The molecule has 50 heavy (non-hydrogen) atoms. The van der Waals surface area contributed by atoms with Gasteiger partial charge in [-0.3, -0.25) is 0 Å². The maximum Gasteiger partial charge on any atom is 0.150 e. The van der Waals surface area contributed by atoms with Gasteiger partial charge in [0.05, 0.1) is 37.0 Å². The number of phenolic OH excluding ortho intramolecular Hbond substituents is 1. The van der Waals surface area contributed by atoms with Gasteiger partial charge in [-0.2, -0.15) is 20.5 Å². The van der Waals surface area contributed by atoms with Crippen molar-refractivity contribution in [3.63, 3.8) is 0 Å². The van der Waals surface area contributed by atoms with Crippen LogP contribution in [0, 0.1) is 27.7 Å². The fourth-order valence-electron chi connectivity index (χ4n) is 5.31. The van der Waals surface area contributed by atoms with Gasteiger partial charge in [0.15, 0.2) is 5.75 Å². The molecular formula is C40H37N7O3. The molecule has 0 aromatic heterocycles. The van der Waals surface area contributed by atoms with Gasteiger partial charge in [-0.05, 0) is 128 Å². The lowest BCUT2D eigenvalue weighted by Gasteiger charge is -2.10. The van der Waals surface area contributed by atoms with Crippen LogP contribution in [0.4, 0.5) is 45.5 Å². The van der Waals surface area contributed by atoms with Crippen LogP contribution in [-0.2, 0) is 0 Å². The Morgan fingerprint density at radius 3 is 1.68 bits per heavy atom. The van der Waals surface area contributed by atoms with E-state index in [1.807, 2.05) is 119 Å². The third kappa shape index (κ3) is 7.50. The number of phenols is 1. The number of azo groups is 3. The molecule has 6 aromatic carbocycles. The van der Waals surface area contributed by atoms with Crippen molar-refractivity contribution < 1.29 is 14.6 Å².